The first-order chi connectivity index (χ1) is 21.9. The molecule has 0 fully saturated rings. The second kappa shape index (κ2) is 17.9. The van der Waals surface area contributed by atoms with Gasteiger partial charge in [0.25, 0.3) is 0 Å². The van der Waals surface area contributed by atoms with Crippen molar-refractivity contribution < 1.29 is 19.1 Å². The third-order valence-corrected chi connectivity index (χ3v) is 8.23. The Morgan fingerprint density at radius 2 is 1.46 bits per heavy atom. The highest BCUT2D eigenvalue weighted by Crippen LogP contribution is 2.23. The van der Waals surface area contributed by atoms with E-state index < -0.39 is 12.1 Å². The van der Waals surface area contributed by atoms with Gasteiger partial charge in [-0.15, -0.1) is 0 Å². The van der Waals surface area contributed by atoms with E-state index in [2.05, 4.69) is 74.4 Å². The number of hydrogen-bond donors (Lipinski definition) is 2. The Labute approximate surface area is 277 Å². The minimum Gasteiger partial charge on any atom is -0.489 e. The Balaban J connectivity index is 1.76. The van der Waals surface area contributed by atoms with Crippen molar-refractivity contribution in [1.82, 2.24) is 15.5 Å². The van der Waals surface area contributed by atoms with Crippen LogP contribution < -0.4 is 15.4 Å². The van der Waals surface area contributed by atoms with Crippen LogP contribution >= 0.6 is 0 Å². The van der Waals surface area contributed by atoms with Crippen LogP contribution in [-0.4, -0.2) is 55.6 Å². The van der Waals surface area contributed by atoms with Crippen LogP contribution in [0.5, 0.6) is 5.75 Å². The molecule has 0 saturated heterocycles. The van der Waals surface area contributed by atoms with E-state index in [0.29, 0.717) is 38.5 Å². The van der Waals surface area contributed by atoms with E-state index in [1.165, 1.54) is 5.56 Å². The molecule has 3 aromatic rings. The van der Waals surface area contributed by atoms with E-state index in [1.54, 1.807) is 7.11 Å². The monoisotopic (exact) mass is 629 g/mol. The normalized spacial score (nSPS) is 13.7. The maximum absolute atomic E-state index is 14.0. The molecule has 3 unspecified atom stereocenters. The molecule has 0 heterocycles. The first-order valence-electron chi connectivity index (χ1n) is 16.5. The third-order valence-electron chi connectivity index (χ3n) is 8.23. The highest BCUT2D eigenvalue weighted by Gasteiger charge is 2.30. The van der Waals surface area contributed by atoms with Gasteiger partial charge in [0, 0.05) is 20.1 Å². The number of methoxy groups -OCH3 is 1. The van der Waals surface area contributed by atoms with Crippen molar-refractivity contribution in [3.8, 4) is 5.75 Å². The molecule has 7 nitrogen and oxygen atoms in total. The average Bonchev–Trinajstić information content (AvgIpc) is 3.02. The third kappa shape index (κ3) is 11.9. The van der Waals surface area contributed by atoms with Crippen LogP contribution in [0.4, 0.5) is 0 Å². The summed E-state index contributed by atoms with van der Waals surface area (Å²) in [5.41, 5.74) is 4.52. The zero-order chi connectivity index (χ0) is 33.7. The van der Waals surface area contributed by atoms with Crippen molar-refractivity contribution in [2.75, 3.05) is 20.8 Å². The Morgan fingerprint density at radius 3 is 2.02 bits per heavy atom. The lowest BCUT2D eigenvalue weighted by molar-refractivity contribution is -0.132. The standard InChI is InChI=1S/C39H55N3O4/c1-9-33(27-45-8)40-37(43)35(24-29-17-21-34(22-18-29)46-26-31-13-11-10-12-14-31)41-38(44)36(23-28(2)3)42(7)25-30-15-19-32(20-16-30)39(4,5)6/h10-22,28,33,35-36H,9,23-27H2,1-8H3,(H,40,43)(H,41,44). The molecule has 7 heteroatoms. The minimum atomic E-state index is -0.747. The van der Waals surface area contributed by atoms with Crippen molar-refractivity contribution in [3.05, 3.63) is 101 Å². The average molecular weight is 630 g/mol. The Bertz CT molecular complexity index is 1330. The first kappa shape index (κ1) is 36.8. The smallest absolute Gasteiger partial charge is 0.243 e. The van der Waals surface area contributed by atoms with Gasteiger partial charge < -0.3 is 20.1 Å². The molecule has 250 valence electrons. The molecule has 3 aromatic carbocycles. The first-order valence-corrected chi connectivity index (χ1v) is 16.5. The molecule has 0 spiro atoms. The van der Waals surface area contributed by atoms with Crippen molar-refractivity contribution in [2.24, 2.45) is 5.92 Å². The summed E-state index contributed by atoms with van der Waals surface area (Å²) in [7, 11) is 3.61. The summed E-state index contributed by atoms with van der Waals surface area (Å²) in [5.74, 6) is 0.678. The number of carbonyl (C=O) groups excluding carboxylic acids is 2. The molecular formula is C39H55N3O4. The minimum absolute atomic E-state index is 0.0790. The van der Waals surface area contributed by atoms with Crippen LogP contribution in [-0.2, 0) is 39.3 Å². The van der Waals surface area contributed by atoms with Gasteiger partial charge in [-0.1, -0.05) is 108 Å². The highest BCUT2D eigenvalue weighted by atomic mass is 16.5. The van der Waals surface area contributed by atoms with E-state index >= 15 is 0 Å². The van der Waals surface area contributed by atoms with E-state index in [9.17, 15) is 9.59 Å². The molecule has 2 amide bonds. The summed E-state index contributed by atoms with van der Waals surface area (Å²) in [6, 6.07) is 25.1. The largest absolute Gasteiger partial charge is 0.489 e. The molecule has 0 bridgehead atoms. The lowest BCUT2D eigenvalue weighted by Gasteiger charge is -2.31. The number of benzene rings is 3. The molecule has 3 atom stereocenters. The van der Waals surface area contributed by atoms with Crippen LogP contribution in [0.15, 0.2) is 78.9 Å². The van der Waals surface area contributed by atoms with Gasteiger partial charge >= 0.3 is 0 Å². The van der Waals surface area contributed by atoms with Crippen molar-refractivity contribution >= 4 is 11.8 Å². The molecule has 0 aliphatic heterocycles. The van der Waals surface area contributed by atoms with Crippen LogP contribution in [0.25, 0.3) is 0 Å². The quantitative estimate of drug-likeness (QED) is 0.174. The Hall–Kier alpha value is -3.68. The van der Waals surface area contributed by atoms with Gasteiger partial charge in [-0.2, -0.15) is 0 Å². The zero-order valence-corrected chi connectivity index (χ0v) is 29.1. The molecular weight excluding hydrogens is 574 g/mol. The summed E-state index contributed by atoms with van der Waals surface area (Å²) in [6.45, 7) is 14.4. The summed E-state index contributed by atoms with van der Waals surface area (Å²) in [4.78, 5) is 29.7. The topological polar surface area (TPSA) is 79.9 Å². The maximum Gasteiger partial charge on any atom is 0.243 e. The fourth-order valence-electron chi connectivity index (χ4n) is 5.38. The fourth-order valence-corrected chi connectivity index (χ4v) is 5.38. The number of carbonyl (C=O) groups is 2. The summed E-state index contributed by atoms with van der Waals surface area (Å²) >= 11 is 0. The van der Waals surface area contributed by atoms with Crippen LogP contribution in [0.1, 0.15) is 76.6 Å². The number of hydrogen-bond acceptors (Lipinski definition) is 5. The highest BCUT2D eigenvalue weighted by molar-refractivity contribution is 5.90. The summed E-state index contributed by atoms with van der Waals surface area (Å²) < 4.78 is 11.3. The van der Waals surface area contributed by atoms with Gasteiger partial charge in [-0.3, -0.25) is 14.5 Å². The SMILES string of the molecule is CCC(COC)NC(=O)C(Cc1ccc(OCc2ccccc2)cc1)NC(=O)C(CC(C)C)N(C)Cc1ccc(C(C)(C)C)cc1. The molecule has 46 heavy (non-hydrogen) atoms. The predicted molar refractivity (Wildman–Crippen MR) is 187 cm³/mol. The van der Waals surface area contributed by atoms with Crippen LogP contribution in [0.2, 0.25) is 0 Å². The van der Waals surface area contributed by atoms with Gasteiger partial charge in [-0.25, -0.2) is 0 Å². The number of amides is 2. The lowest BCUT2D eigenvalue weighted by Crippen LogP contribution is -2.55. The van der Waals surface area contributed by atoms with Crippen LogP contribution in [0, 0.1) is 5.92 Å². The van der Waals surface area contributed by atoms with Gasteiger partial charge in [0.05, 0.1) is 18.7 Å². The van der Waals surface area contributed by atoms with Crippen molar-refractivity contribution in [2.45, 2.75) is 97.5 Å². The van der Waals surface area contributed by atoms with Gasteiger partial charge in [0.1, 0.15) is 18.4 Å². The molecule has 0 aromatic heterocycles. The van der Waals surface area contributed by atoms with E-state index in [0.717, 1.165) is 28.9 Å². The molecule has 0 saturated carbocycles. The number of nitrogens with zero attached hydrogens (tertiary/aromatic N) is 1. The number of likely N-dealkylation sites (N-methyl/N-ethyl adjacent to an activating group) is 1. The summed E-state index contributed by atoms with van der Waals surface area (Å²) in [5, 5.41) is 6.23. The number of ether oxygens (including phenoxy) is 2. The van der Waals surface area contributed by atoms with Gasteiger partial charge in [0.15, 0.2) is 0 Å². The second-order valence-electron chi connectivity index (χ2n) is 13.8. The molecule has 0 radical (unpaired) electrons. The van der Waals surface area contributed by atoms with Crippen molar-refractivity contribution in [3.63, 3.8) is 0 Å². The van der Waals surface area contributed by atoms with E-state index in [1.807, 2.05) is 68.6 Å². The summed E-state index contributed by atoms with van der Waals surface area (Å²) in [6.07, 6.45) is 1.75. The zero-order valence-electron chi connectivity index (χ0n) is 29.1. The predicted octanol–water partition coefficient (Wildman–Crippen LogP) is 6.68. The molecule has 0 aliphatic rings. The molecule has 2 N–H and O–H groups in total. The lowest BCUT2D eigenvalue weighted by atomic mass is 9.86. The van der Waals surface area contributed by atoms with Crippen LogP contribution in [0.3, 0.4) is 0 Å². The fraction of sp³-hybridized carbons (Fsp3) is 0.487. The van der Waals surface area contributed by atoms with Crippen molar-refractivity contribution in [1.29, 1.82) is 0 Å². The molecule has 3 rings (SSSR count). The molecule has 0 aliphatic carbocycles. The van der Waals surface area contributed by atoms with E-state index in [-0.39, 0.29) is 23.3 Å². The van der Waals surface area contributed by atoms with E-state index in [4.69, 9.17) is 9.47 Å². The number of rotatable bonds is 17. The number of nitrogens with one attached hydrogen (secondary N) is 2. The maximum atomic E-state index is 14.0. The Kier molecular flexibility index (Phi) is 14.3. The van der Waals surface area contributed by atoms with Gasteiger partial charge in [-0.05, 0) is 65.6 Å². The van der Waals surface area contributed by atoms with Gasteiger partial charge in [0.2, 0.25) is 11.8 Å². The second-order valence-corrected chi connectivity index (χ2v) is 13.8. The Morgan fingerprint density at radius 1 is 0.826 bits per heavy atom.